The van der Waals surface area contributed by atoms with Gasteiger partial charge in [0.1, 0.15) is 17.5 Å². The molecule has 2 aromatic carbocycles. The Kier molecular flexibility index (Phi) is 3.78. The SMILES string of the molecule is Fc1ccc(F)c(-n2c(CCl)nc3cc(Cl)c(Cl)cc32)c1. The molecule has 1 heterocycles. The maximum atomic E-state index is 14.0. The van der Waals surface area contributed by atoms with E-state index in [9.17, 15) is 8.78 Å². The number of hydrogen-bond donors (Lipinski definition) is 0. The summed E-state index contributed by atoms with van der Waals surface area (Å²) in [6, 6.07) is 6.28. The van der Waals surface area contributed by atoms with E-state index in [2.05, 4.69) is 4.98 Å². The highest BCUT2D eigenvalue weighted by atomic mass is 35.5. The zero-order chi connectivity index (χ0) is 15.1. The van der Waals surface area contributed by atoms with E-state index >= 15 is 0 Å². The number of imidazole rings is 1. The minimum atomic E-state index is -0.590. The fraction of sp³-hybridized carbons (Fsp3) is 0.0714. The van der Waals surface area contributed by atoms with Gasteiger partial charge in [0.15, 0.2) is 0 Å². The fourth-order valence-electron chi connectivity index (χ4n) is 2.14. The summed E-state index contributed by atoms with van der Waals surface area (Å²) in [6.45, 7) is 0. The molecule has 0 aliphatic carbocycles. The van der Waals surface area contributed by atoms with Crippen molar-refractivity contribution in [1.29, 1.82) is 0 Å². The second-order valence-electron chi connectivity index (χ2n) is 4.35. The van der Waals surface area contributed by atoms with Gasteiger partial charge in [-0.2, -0.15) is 0 Å². The van der Waals surface area contributed by atoms with Crippen molar-refractivity contribution in [3.8, 4) is 5.69 Å². The lowest BCUT2D eigenvalue weighted by molar-refractivity contribution is 0.592. The smallest absolute Gasteiger partial charge is 0.147 e. The Labute approximate surface area is 133 Å². The van der Waals surface area contributed by atoms with E-state index in [4.69, 9.17) is 34.8 Å². The van der Waals surface area contributed by atoms with E-state index in [-0.39, 0.29) is 11.6 Å². The largest absolute Gasteiger partial charge is 0.292 e. The summed E-state index contributed by atoms with van der Waals surface area (Å²) in [4.78, 5) is 4.28. The van der Waals surface area contributed by atoms with Gasteiger partial charge in [-0.3, -0.25) is 4.57 Å². The second-order valence-corrected chi connectivity index (χ2v) is 5.43. The first kappa shape index (κ1) is 14.6. The van der Waals surface area contributed by atoms with Crippen LogP contribution in [-0.2, 0) is 5.88 Å². The van der Waals surface area contributed by atoms with Crippen molar-refractivity contribution in [2.45, 2.75) is 5.88 Å². The summed E-state index contributed by atoms with van der Waals surface area (Å²) in [5.41, 5.74) is 1.03. The van der Waals surface area contributed by atoms with Gasteiger partial charge in [0, 0.05) is 6.07 Å². The predicted octanol–water partition coefficient (Wildman–Crippen LogP) is 5.35. The molecular formula is C14H7Cl3F2N2. The summed E-state index contributed by atoms with van der Waals surface area (Å²) in [5.74, 6) is -0.753. The van der Waals surface area contributed by atoms with Gasteiger partial charge in [-0.05, 0) is 24.3 Å². The lowest BCUT2D eigenvalue weighted by Crippen LogP contribution is -2.02. The third kappa shape index (κ3) is 2.48. The maximum absolute atomic E-state index is 14.0. The van der Waals surface area contributed by atoms with Gasteiger partial charge < -0.3 is 0 Å². The van der Waals surface area contributed by atoms with Crippen molar-refractivity contribution >= 4 is 45.8 Å². The van der Waals surface area contributed by atoms with E-state index in [1.54, 1.807) is 12.1 Å². The number of fused-ring (bicyclic) bond motifs is 1. The molecule has 7 heteroatoms. The average Bonchev–Trinajstić information content (AvgIpc) is 2.79. The number of alkyl halides is 1. The van der Waals surface area contributed by atoms with Crippen molar-refractivity contribution in [1.82, 2.24) is 9.55 Å². The van der Waals surface area contributed by atoms with Crippen LogP contribution < -0.4 is 0 Å². The van der Waals surface area contributed by atoms with Crippen molar-refractivity contribution in [3.63, 3.8) is 0 Å². The molecule has 108 valence electrons. The molecular weight excluding hydrogens is 341 g/mol. The third-order valence-corrected chi connectivity index (χ3v) is 4.00. The van der Waals surface area contributed by atoms with Gasteiger partial charge >= 0.3 is 0 Å². The molecule has 0 radical (unpaired) electrons. The van der Waals surface area contributed by atoms with E-state index < -0.39 is 11.6 Å². The molecule has 0 saturated carbocycles. The van der Waals surface area contributed by atoms with Crippen LogP contribution in [0.25, 0.3) is 16.7 Å². The zero-order valence-corrected chi connectivity index (χ0v) is 12.6. The first-order valence-corrected chi connectivity index (χ1v) is 7.18. The van der Waals surface area contributed by atoms with Gasteiger partial charge in [-0.1, -0.05) is 23.2 Å². The highest BCUT2D eigenvalue weighted by Gasteiger charge is 2.17. The topological polar surface area (TPSA) is 17.8 Å². The molecule has 0 spiro atoms. The molecule has 3 rings (SSSR count). The van der Waals surface area contributed by atoms with Crippen molar-refractivity contribution in [3.05, 3.63) is 57.8 Å². The third-order valence-electron chi connectivity index (χ3n) is 3.03. The van der Waals surface area contributed by atoms with Crippen molar-refractivity contribution in [2.24, 2.45) is 0 Å². The molecule has 0 aliphatic rings. The standard InChI is InChI=1S/C14H7Cl3F2N2/c15-6-14-20-11-4-8(16)9(17)5-13(11)21(14)12-3-7(18)1-2-10(12)19/h1-5H,6H2. The van der Waals surface area contributed by atoms with Crippen LogP contribution in [0.3, 0.4) is 0 Å². The molecule has 3 aromatic rings. The van der Waals surface area contributed by atoms with E-state index in [1.165, 1.54) is 4.57 Å². The molecule has 0 N–H and O–H groups in total. The number of rotatable bonds is 2. The number of halogens is 5. The van der Waals surface area contributed by atoms with Crippen LogP contribution in [0.2, 0.25) is 10.0 Å². The van der Waals surface area contributed by atoms with Crippen molar-refractivity contribution in [2.75, 3.05) is 0 Å². The molecule has 0 amide bonds. The molecule has 2 nitrogen and oxygen atoms in total. The molecule has 0 bridgehead atoms. The van der Waals surface area contributed by atoms with Gasteiger partial charge in [0.05, 0.1) is 32.6 Å². The summed E-state index contributed by atoms with van der Waals surface area (Å²) >= 11 is 17.8. The minimum Gasteiger partial charge on any atom is -0.292 e. The molecule has 1 aromatic heterocycles. The molecule has 0 atom stereocenters. The molecule has 0 fully saturated rings. The van der Waals surface area contributed by atoms with Crippen LogP contribution in [0.5, 0.6) is 0 Å². The monoisotopic (exact) mass is 346 g/mol. The number of benzene rings is 2. The van der Waals surface area contributed by atoms with Gasteiger partial charge in [-0.25, -0.2) is 13.8 Å². The van der Waals surface area contributed by atoms with Crippen molar-refractivity contribution < 1.29 is 8.78 Å². The Hall–Kier alpha value is -1.36. The van der Waals surface area contributed by atoms with Gasteiger partial charge in [-0.15, -0.1) is 11.6 Å². The highest BCUT2D eigenvalue weighted by molar-refractivity contribution is 6.42. The fourth-order valence-corrected chi connectivity index (χ4v) is 2.63. The maximum Gasteiger partial charge on any atom is 0.147 e. The quantitative estimate of drug-likeness (QED) is 0.571. The number of hydrogen-bond acceptors (Lipinski definition) is 1. The molecule has 0 unspecified atom stereocenters. The number of aromatic nitrogens is 2. The van der Waals surface area contributed by atoms with E-state index in [0.717, 1.165) is 18.2 Å². The zero-order valence-electron chi connectivity index (χ0n) is 10.4. The van der Waals surface area contributed by atoms with Crippen LogP contribution in [-0.4, -0.2) is 9.55 Å². The van der Waals surface area contributed by atoms with E-state index in [1.807, 2.05) is 0 Å². The highest BCUT2D eigenvalue weighted by Crippen LogP contribution is 2.31. The van der Waals surface area contributed by atoms with Crippen LogP contribution in [0.15, 0.2) is 30.3 Å². The summed E-state index contributed by atoms with van der Waals surface area (Å²) in [5, 5.41) is 0.623. The van der Waals surface area contributed by atoms with Crippen LogP contribution in [0, 0.1) is 11.6 Å². The van der Waals surface area contributed by atoms with E-state index in [0.29, 0.717) is 26.9 Å². The summed E-state index contributed by atoms with van der Waals surface area (Å²) in [7, 11) is 0. The summed E-state index contributed by atoms with van der Waals surface area (Å²) in [6.07, 6.45) is 0. The Morgan fingerprint density at radius 2 is 1.76 bits per heavy atom. The Balaban J connectivity index is 2.40. The van der Waals surface area contributed by atoms with Gasteiger partial charge in [0.25, 0.3) is 0 Å². The number of nitrogens with zero attached hydrogens (tertiary/aromatic N) is 2. The Bertz CT molecular complexity index is 846. The average molecular weight is 348 g/mol. The normalized spacial score (nSPS) is 11.3. The van der Waals surface area contributed by atoms with Crippen LogP contribution in [0.4, 0.5) is 8.78 Å². The lowest BCUT2D eigenvalue weighted by Gasteiger charge is -2.09. The Morgan fingerprint density at radius 1 is 1.05 bits per heavy atom. The second kappa shape index (κ2) is 5.44. The van der Waals surface area contributed by atoms with Gasteiger partial charge in [0.2, 0.25) is 0 Å². The van der Waals surface area contributed by atoms with Crippen LogP contribution >= 0.6 is 34.8 Å². The van der Waals surface area contributed by atoms with Crippen LogP contribution in [0.1, 0.15) is 5.82 Å². The first-order chi connectivity index (χ1) is 10.0. The first-order valence-electron chi connectivity index (χ1n) is 5.89. The minimum absolute atomic E-state index is 0.0199. The Morgan fingerprint density at radius 3 is 2.48 bits per heavy atom. The molecule has 0 saturated heterocycles. The molecule has 0 aliphatic heterocycles. The molecule has 21 heavy (non-hydrogen) atoms. The summed E-state index contributed by atoms with van der Waals surface area (Å²) < 4.78 is 28.9. The predicted molar refractivity (Wildman–Crippen MR) is 80.6 cm³/mol. The lowest BCUT2D eigenvalue weighted by atomic mass is 10.2.